The zero-order valence-corrected chi connectivity index (χ0v) is 11.8. The van der Waals surface area contributed by atoms with E-state index in [1.807, 2.05) is 19.1 Å². The summed E-state index contributed by atoms with van der Waals surface area (Å²) in [5.41, 5.74) is 3.80. The highest BCUT2D eigenvalue weighted by Crippen LogP contribution is 2.30. The van der Waals surface area contributed by atoms with Crippen LogP contribution in [0.5, 0.6) is 5.75 Å². The predicted molar refractivity (Wildman–Crippen MR) is 73.8 cm³/mol. The Hall–Kier alpha value is -0.810. The quantitative estimate of drug-likeness (QED) is 0.592. The number of halogens is 1. The molecule has 0 saturated carbocycles. The van der Waals surface area contributed by atoms with Gasteiger partial charge in [-0.05, 0) is 31.0 Å². The molecule has 18 heavy (non-hydrogen) atoms. The van der Waals surface area contributed by atoms with Crippen molar-refractivity contribution in [1.29, 1.82) is 0 Å². The first-order valence-corrected chi connectivity index (χ1v) is 6.46. The van der Waals surface area contributed by atoms with Crippen LogP contribution >= 0.6 is 11.6 Å². The molecule has 1 rings (SSSR count). The van der Waals surface area contributed by atoms with E-state index in [0.717, 1.165) is 12.0 Å². The number of methoxy groups -OCH3 is 1. The minimum atomic E-state index is -0.0823. The van der Waals surface area contributed by atoms with E-state index in [-0.39, 0.29) is 12.1 Å². The van der Waals surface area contributed by atoms with Crippen LogP contribution in [0.1, 0.15) is 31.9 Å². The highest BCUT2D eigenvalue weighted by atomic mass is 35.5. The average molecular weight is 273 g/mol. The summed E-state index contributed by atoms with van der Waals surface area (Å²) in [6.45, 7) is 4.69. The number of rotatable bonds is 7. The molecular formula is C13H21ClN2O2. The first kappa shape index (κ1) is 15.2. The van der Waals surface area contributed by atoms with E-state index in [9.17, 15) is 0 Å². The van der Waals surface area contributed by atoms with Crippen LogP contribution < -0.4 is 16.0 Å². The summed E-state index contributed by atoms with van der Waals surface area (Å²) in [4.78, 5) is 0. The lowest BCUT2D eigenvalue weighted by molar-refractivity contribution is 0.0313. The third-order valence-electron chi connectivity index (χ3n) is 2.87. The van der Waals surface area contributed by atoms with Crippen LogP contribution in [0.25, 0.3) is 0 Å². The molecule has 0 radical (unpaired) electrons. The van der Waals surface area contributed by atoms with Crippen LogP contribution in [-0.2, 0) is 4.74 Å². The second kappa shape index (κ2) is 7.59. The Bertz CT molecular complexity index is 374. The minimum absolute atomic E-state index is 0.0193. The second-order valence-corrected chi connectivity index (χ2v) is 4.35. The smallest absolute Gasteiger partial charge is 0.137 e. The van der Waals surface area contributed by atoms with Crippen LogP contribution in [-0.4, -0.2) is 19.8 Å². The van der Waals surface area contributed by atoms with Crippen molar-refractivity contribution in [3.63, 3.8) is 0 Å². The summed E-state index contributed by atoms with van der Waals surface area (Å²) in [7, 11) is 1.59. The Labute approximate surface area is 113 Å². The number of benzene rings is 1. The van der Waals surface area contributed by atoms with Crippen LogP contribution in [0, 0.1) is 0 Å². The highest BCUT2D eigenvalue weighted by Gasteiger charge is 2.21. The number of hydrogen-bond acceptors (Lipinski definition) is 4. The number of nitrogens with one attached hydrogen (secondary N) is 1. The number of hydrazine groups is 1. The molecule has 0 spiro atoms. The SMILES string of the molecule is CCOC(CC)C(NN)c1ccc(Cl)c(OC)c1. The standard InChI is InChI=1S/C13H21ClN2O2/c1-4-11(18-5-2)13(16-15)9-6-7-10(14)12(8-9)17-3/h6-8,11,13,16H,4-5,15H2,1-3H3. The Balaban J connectivity index is 3.00. The van der Waals surface area contributed by atoms with Gasteiger partial charge in [-0.15, -0.1) is 0 Å². The molecule has 0 aliphatic carbocycles. The maximum Gasteiger partial charge on any atom is 0.137 e. The third kappa shape index (κ3) is 3.59. The first-order valence-electron chi connectivity index (χ1n) is 6.09. The zero-order chi connectivity index (χ0) is 13.5. The number of nitrogens with two attached hydrogens (primary N) is 1. The Morgan fingerprint density at radius 3 is 2.61 bits per heavy atom. The summed E-state index contributed by atoms with van der Waals surface area (Å²) in [5.74, 6) is 6.28. The van der Waals surface area contributed by atoms with Gasteiger partial charge in [0.05, 0.1) is 24.3 Å². The third-order valence-corrected chi connectivity index (χ3v) is 3.18. The molecule has 1 aromatic rings. The van der Waals surface area contributed by atoms with Gasteiger partial charge in [-0.25, -0.2) is 0 Å². The molecule has 2 atom stereocenters. The molecule has 0 heterocycles. The van der Waals surface area contributed by atoms with Crippen LogP contribution in [0.3, 0.4) is 0 Å². The van der Waals surface area contributed by atoms with Crippen molar-refractivity contribution in [2.24, 2.45) is 5.84 Å². The van der Waals surface area contributed by atoms with Gasteiger partial charge in [-0.2, -0.15) is 0 Å². The fraction of sp³-hybridized carbons (Fsp3) is 0.538. The molecule has 0 aliphatic heterocycles. The van der Waals surface area contributed by atoms with Crippen molar-refractivity contribution in [1.82, 2.24) is 5.43 Å². The number of ether oxygens (including phenoxy) is 2. The molecule has 3 N–H and O–H groups in total. The molecular weight excluding hydrogens is 252 g/mol. The molecule has 0 aliphatic rings. The predicted octanol–water partition coefficient (Wildman–Crippen LogP) is 2.67. The lowest BCUT2D eigenvalue weighted by atomic mass is 10.00. The van der Waals surface area contributed by atoms with Gasteiger partial charge >= 0.3 is 0 Å². The molecule has 0 saturated heterocycles. The lowest BCUT2D eigenvalue weighted by Gasteiger charge is -2.26. The van der Waals surface area contributed by atoms with E-state index in [0.29, 0.717) is 17.4 Å². The maximum atomic E-state index is 6.01. The van der Waals surface area contributed by atoms with E-state index in [4.69, 9.17) is 26.9 Å². The normalized spacial score (nSPS) is 14.3. The van der Waals surface area contributed by atoms with Gasteiger partial charge in [-0.1, -0.05) is 24.6 Å². The molecule has 0 aromatic heterocycles. The Morgan fingerprint density at radius 1 is 1.39 bits per heavy atom. The molecule has 1 aromatic carbocycles. The summed E-state index contributed by atoms with van der Waals surface area (Å²) < 4.78 is 10.9. The van der Waals surface area contributed by atoms with Gasteiger partial charge in [0.25, 0.3) is 0 Å². The molecule has 2 unspecified atom stereocenters. The van der Waals surface area contributed by atoms with Crippen LogP contribution in [0.2, 0.25) is 5.02 Å². The van der Waals surface area contributed by atoms with E-state index >= 15 is 0 Å². The molecule has 4 nitrogen and oxygen atoms in total. The van der Waals surface area contributed by atoms with Gasteiger partial charge in [-0.3, -0.25) is 11.3 Å². The minimum Gasteiger partial charge on any atom is -0.495 e. The monoisotopic (exact) mass is 272 g/mol. The summed E-state index contributed by atoms with van der Waals surface area (Å²) in [5, 5.41) is 0.585. The topological polar surface area (TPSA) is 56.5 Å². The van der Waals surface area contributed by atoms with Crippen molar-refractivity contribution in [2.75, 3.05) is 13.7 Å². The van der Waals surface area contributed by atoms with Crippen molar-refractivity contribution < 1.29 is 9.47 Å². The van der Waals surface area contributed by atoms with Gasteiger partial charge in [0.2, 0.25) is 0 Å². The maximum absolute atomic E-state index is 6.01. The second-order valence-electron chi connectivity index (χ2n) is 3.94. The summed E-state index contributed by atoms with van der Waals surface area (Å²) in [6, 6.07) is 5.53. The van der Waals surface area contributed by atoms with E-state index in [2.05, 4.69) is 12.3 Å². The zero-order valence-electron chi connectivity index (χ0n) is 11.1. The first-order chi connectivity index (χ1) is 8.67. The fourth-order valence-electron chi connectivity index (χ4n) is 1.95. The van der Waals surface area contributed by atoms with Crippen molar-refractivity contribution in [3.8, 4) is 5.75 Å². The Morgan fingerprint density at radius 2 is 2.11 bits per heavy atom. The van der Waals surface area contributed by atoms with Crippen molar-refractivity contribution >= 4 is 11.6 Å². The Kier molecular flexibility index (Phi) is 6.43. The highest BCUT2D eigenvalue weighted by molar-refractivity contribution is 6.32. The van der Waals surface area contributed by atoms with E-state index in [1.54, 1.807) is 13.2 Å². The molecule has 102 valence electrons. The van der Waals surface area contributed by atoms with Gasteiger partial charge in [0, 0.05) is 6.61 Å². The largest absolute Gasteiger partial charge is 0.495 e. The summed E-state index contributed by atoms with van der Waals surface area (Å²) in [6.07, 6.45) is 0.888. The van der Waals surface area contributed by atoms with Gasteiger partial charge in [0.15, 0.2) is 0 Å². The van der Waals surface area contributed by atoms with Crippen LogP contribution in [0.15, 0.2) is 18.2 Å². The van der Waals surface area contributed by atoms with Crippen LogP contribution in [0.4, 0.5) is 0 Å². The van der Waals surface area contributed by atoms with Gasteiger partial charge < -0.3 is 9.47 Å². The molecule has 0 fully saturated rings. The molecule has 5 heteroatoms. The molecule has 0 amide bonds. The van der Waals surface area contributed by atoms with Crippen molar-refractivity contribution in [2.45, 2.75) is 32.4 Å². The number of hydrogen-bond donors (Lipinski definition) is 2. The van der Waals surface area contributed by atoms with Gasteiger partial charge in [0.1, 0.15) is 5.75 Å². The van der Waals surface area contributed by atoms with Crippen molar-refractivity contribution in [3.05, 3.63) is 28.8 Å². The lowest BCUT2D eigenvalue weighted by Crippen LogP contribution is -2.37. The van der Waals surface area contributed by atoms with E-state index < -0.39 is 0 Å². The molecule has 0 bridgehead atoms. The van der Waals surface area contributed by atoms with E-state index in [1.165, 1.54) is 0 Å². The fourth-order valence-corrected chi connectivity index (χ4v) is 2.15. The summed E-state index contributed by atoms with van der Waals surface area (Å²) >= 11 is 6.01. The average Bonchev–Trinajstić information content (AvgIpc) is 2.40.